The van der Waals surface area contributed by atoms with E-state index in [4.69, 9.17) is 4.42 Å². The molecule has 1 aromatic heterocycles. The molecule has 1 aromatic carbocycles. The zero-order valence-corrected chi connectivity index (χ0v) is 15.2. The Morgan fingerprint density at radius 3 is 2.81 bits per heavy atom. The van der Waals surface area contributed by atoms with Crippen molar-refractivity contribution in [3.63, 3.8) is 0 Å². The standard InChI is InChI=1S/C20H24FN3O2/c1-15-6-7-18(26-15)11-23-9-8-20(13-23)14-24(19(25)12-22(20)2)17-5-3-4-16(21)10-17/h3-7,10H,8-9,11-14H2,1-2H3/t20-/m0/s1. The predicted octanol–water partition coefficient (Wildman–Crippen LogP) is 2.65. The largest absolute Gasteiger partial charge is 0.465 e. The van der Waals surface area contributed by atoms with Crippen LogP contribution in [0.25, 0.3) is 0 Å². The second-order valence-electron chi connectivity index (χ2n) is 7.51. The third-order valence-electron chi connectivity index (χ3n) is 5.64. The Hall–Kier alpha value is -2.18. The van der Waals surface area contributed by atoms with Gasteiger partial charge >= 0.3 is 0 Å². The van der Waals surface area contributed by atoms with Crippen LogP contribution >= 0.6 is 0 Å². The van der Waals surface area contributed by atoms with Crippen LogP contribution in [0.3, 0.4) is 0 Å². The molecule has 0 N–H and O–H groups in total. The minimum absolute atomic E-state index is 0.0174. The highest BCUT2D eigenvalue weighted by Gasteiger charge is 2.47. The number of carbonyl (C=O) groups is 1. The van der Waals surface area contributed by atoms with Crippen LogP contribution in [0, 0.1) is 12.7 Å². The van der Waals surface area contributed by atoms with E-state index in [1.165, 1.54) is 12.1 Å². The maximum absolute atomic E-state index is 13.6. The number of aryl methyl sites for hydroxylation is 1. The topological polar surface area (TPSA) is 39.9 Å². The fourth-order valence-electron chi connectivity index (χ4n) is 4.15. The first-order valence-corrected chi connectivity index (χ1v) is 9.00. The van der Waals surface area contributed by atoms with Crippen LogP contribution in [-0.2, 0) is 11.3 Å². The molecule has 138 valence electrons. The number of halogens is 1. The fourth-order valence-corrected chi connectivity index (χ4v) is 4.15. The van der Waals surface area contributed by atoms with Crippen LogP contribution in [0.2, 0.25) is 0 Å². The SMILES string of the molecule is Cc1ccc(CN2CC[C@]3(C2)CN(c2cccc(F)c2)C(=O)CN3C)o1. The summed E-state index contributed by atoms with van der Waals surface area (Å²) in [6.45, 7) is 5.48. The lowest BCUT2D eigenvalue weighted by Crippen LogP contribution is -2.64. The van der Waals surface area contributed by atoms with Gasteiger partial charge in [-0.15, -0.1) is 0 Å². The van der Waals surface area contributed by atoms with E-state index in [-0.39, 0.29) is 17.3 Å². The highest BCUT2D eigenvalue weighted by Crippen LogP contribution is 2.34. The Morgan fingerprint density at radius 1 is 1.23 bits per heavy atom. The lowest BCUT2D eigenvalue weighted by molar-refractivity contribution is -0.123. The molecule has 0 radical (unpaired) electrons. The van der Waals surface area contributed by atoms with Crippen LogP contribution in [0.15, 0.2) is 40.8 Å². The van der Waals surface area contributed by atoms with Gasteiger partial charge in [0, 0.05) is 25.3 Å². The molecule has 3 heterocycles. The van der Waals surface area contributed by atoms with E-state index in [2.05, 4.69) is 9.80 Å². The third-order valence-corrected chi connectivity index (χ3v) is 5.64. The lowest BCUT2D eigenvalue weighted by atomic mass is 9.92. The van der Waals surface area contributed by atoms with Crippen molar-refractivity contribution in [2.45, 2.75) is 25.4 Å². The van der Waals surface area contributed by atoms with Gasteiger partial charge < -0.3 is 9.32 Å². The van der Waals surface area contributed by atoms with E-state index in [0.717, 1.165) is 37.6 Å². The number of amides is 1. The van der Waals surface area contributed by atoms with E-state index < -0.39 is 0 Å². The number of hydrogen-bond donors (Lipinski definition) is 0. The van der Waals surface area contributed by atoms with E-state index in [1.807, 2.05) is 26.1 Å². The van der Waals surface area contributed by atoms with E-state index in [9.17, 15) is 9.18 Å². The maximum Gasteiger partial charge on any atom is 0.241 e. The molecule has 1 spiro atoms. The average molecular weight is 357 g/mol. The Bertz CT molecular complexity index is 821. The number of likely N-dealkylation sites (N-methyl/N-ethyl adjacent to an activating group) is 1. The number of hydrogen-bond acceptors (Lipinski definition) is 4. The quantitative estimate of drug-likeness (QED) is 0.847. The minimum Gasteiger partial charge on any atom is -0.465 e. The van der Waals surface area contributed by atoms with Crippen LogP contribution in [0.4, 0.5) is 10.1 Å². The molecular formula is C20H24FN3O2. The summed E-state index contributed by atoms with van der Waals surface area (Å²) in [4.78, 5) is 18.8. The first-order valence-electron chi connectivity index (χ1n) is 9.00. The van der Waals surface area contributed by atoms with Crippen LogP contribution in [-0.4, -0.2) is 54.5 Å². The van der Waals surface area contributed by atoms with Crippen LogP contribution in [0.1, 0.15) is 17.9 Å². The Balaban J connectivity index is 1.52. The van der Waals surface area contributed by atoms with Gasteiger partial charge in [-0.25, -0.2) is 4.39 Å². The highest BCUT2D eigenvalue weighted by molar-refractivity contribution is 5.96. The van der Waals surface area contributed by atoms with E-state index in [1.54, 1.807) is 17.0 Å². The van der Waals surface area contributed by atoms with Gasteiger partial charge in [0.1, 0.15) is 17.3 Å². The molecule has 0 aliphatic carbocycles. The van der Waals surface area contributed by atoms with Gasteiger partial charge in [-0.3, -0.25) is 14.6 Å². The molecule has 0 unspecified atom stereocenters. The summed E-state index contributed by atoms with van der Waals surface area (Å²) in [5, 5.41) is 0. The van der Waals surface area contributed by atoms with Gasteiger partial charge in [-0.1, -0.05) is 6.07 Å². The molecule has 5 nitrogen and oxygen atoms in total. The number of carbonyl (C=O) groups excluding carboxylic acids is 1. The van der Waals surface area contributed by atoms with Gasteiger partial charge in [0.2, 0.25) is 5.91 Å². The zero-order chi connectivity index (χ0) is 18.3. The summed E-state index contributed by atoms with van der Waals surface area (Å²) >= 11 is 0. The van der Waals surface area contributed by atoms with Crippen molar-refractivity contribution in [1.82, 2.24) is 9.80 Å². The molecule has 4 rings (SSSR count). The summed E-state index contributed by atoms with van der Waals surface area (Å²) in [6, 6.07) is 10.3. The molecular weight excluding hydrogens is 333 g/mol. The van der Waals surface area contributed by atoms with Gasteiger partial charge in [-0.2, -0.15) is 0 Å². The summed E-state index contributed by atoms with van der Waals surface area (Å²) < 4.78 is 19.3. The number of anilines is 1. The molecule has 2 saturated heterocycles. The smallest absolute Gasteiger partial charge is 0.241 e. The second kappa shape index (κ2) is 6.52. The Labute approximate surface area is 153 Å². The summed E-state index contributed by atoms with van der Waals surface area (Å²) in [7, 11) is 2.02. The first-order chi connectivity index (χ1) is 12.4. The van der Waals surface area contributed by atoms with Crippen molar-refractivity contribution >= 4 is 11.6 Å². The molecule has 0 saturated carbocycles. The number of rotatable bonds is 3. The molecule has 26 heavy (non-hydrogen) atoms. The second-order valence-corrected chi connectivity index (χ2v) is 7.51. The minimum atomic E-state index is -0.315. The first kappa shape index (κ1) is 17.2. The number of likely N-dealkylation sites (tertiary alicyclic amines) is 1. The van der Waals surface area contributed by atoms with E-state index >= 15 is 0 Å². The molecule has 2 aliphatic rings. The molecule has 2 aliphatic heterocycles. The van der Waals surface area contributed by atoms with Crippen molar-refractivity contribution < 1.29 is 13.6 Å². The Morgan fingerprint density at radius 2 is 2.08 bits per heavy atom. The predicted molar refractivity (Wildman–Crippen MR) is 97.5 cm³/mol. The molecule has 0 bridgehead atoms. The number of furan rings is 1. The molecule has 2 aromatic rings. The highest BCUT2D eigenvalue weighted by atomic mass is 19.1. The number of benzene rings is 1. The van der Waals surface area contributed by atoms with Crippen molar-refractivity contribution in [2.75, 3.05) is 38.1 Å². The van der Waals surface area contributed by atoms with Crippen molar-refractivity contribution in [3.8, 4) is 0 Å². The monoisotopic (exact) mass is 357 g/mol. The normalized spacial score (nSPS) is 24.7. The third kappa shape index (κ3) is 3.15. The maximum atomic E-state index is 13.6. The number of piperazine rings is 1. The lowest BCUT2D eigenvalue weighted by Gasteiger charge is -2.47. The fraction of sp³-hybridized carbons (Fsp3) is 0.450. The van der Waals surface area contributed by atoms with Crippen LogP contribution < -0.4 is 4.90 Å². The van der Waals surface area contributed by atoms with Crippen LogP contribution in [0.5, 0.6) is 0 Å². The van der Waals surface area contributed by atoms with Gasteiger partial charge in [0.05, 0.1) is 18.6 Å². The average Bonchev–Trinajstić information content (AvgIpc) is 3.19. The van der Waals surface area contributed by atoms with Crippen molar-refractivity contribution in [2.24, 2.45) is 0 Å². The summed E-state index contributed by atoms with van der Waals surface area (Å²) in [5.74, 6) is 1.59. The number of nitrogens with zero attached hydrogens (tertiary/aromatic N) is 3. The van der Waals surface area contributed by atoms with Gasteiger partial charge in [0.25, 0.3) is 0 Å². The van der Waals surface area contributed by atoms with Crippen molar-refractivity contribution in [1.29, 1.82) is 0 Å². The zero-order valence-electron chi connectivity index (χ0n) is 15.2. The van der Waals surface area contributed by atoms with E-state index in [0.29, 0.717) is 18.8 Å². The van der Waals surface area contributed by atoms with Gasteiger partial charge in [-0.05, 0) is 50.7 Å². The molecule has 1 amide bonds. The Kier molecular flexibility index (Phi) is 4.32. The van der Waals surface area contributed by atoms with Gasteiger partial charge in [0.15, 0.2) is 0 Å². The molecule has 2 fully saturated rings. The summed E-state index contributed by atoms with van der Waals surface area (Å²) in [5.41, 5.74) is 0.532. The molecule has 1 atom stereocenters. The molecule has 6 heteroatoms. The van der Waals surface area contributed by atoms with Crippen molar-refractivity contribution in [3.05, 3.63) is 53.7 Å². The summed E-state index contributed by atoms with van der Waals surface area (Å²) in [6.07, 6.45) is 0.974.